The summed E-state index contributed by atoms with van der Waals surface area (Å²) < 4.78 is 0. The molecule has 0 saturated carbocycles. The average Bonchev–Trinajstić information content (AvgIpc) is 2.63. The zero-order valence-electron chi connectivity index (χ0n) is 13.1. The molecular formula is C19H14ClN3O2. The second kappa shape index (κ2) is 7.59. The van der Waals surface area contributed by atoms with E-state index in [9.17, 15) is 9.59 Å². The number of rotatable bonds is 4. The molecule has 0 radical (unpaired) electrons. The van der Waals surface area contributed by atoms with Crippen LogP contribution in [-0.2, 0) is 0 Å². The summed E-state index contributed by atoms with van der Waals surface area (Å²) >= 11 is 6.01. The van der Waals surface area contributed by atoms with Crippen molar-refractivity contribution >= 4 is 34.8 Å². The Morgan fingerprint density at radius 3 is 2.20 bits per heavy atom. The lowest BCUT2D eigenvalue weighted by atomic mass is 10.1. The van der Waals surface area contributed by atoms with Crippen LogP contribution in [0.4, 0.5) is 11.4 Å². The van der Waals surface area contributed by atoms with E-state index in [-0.39, 0.29) is 11.8 Å². The molecule has 0 atom stereocenters. The smallest absolute Gasteiger partial charge is 0.257 e. The number of amides is 2. The molecule has 25 heavy (non-hydrogen) atoms. The number of hydrogen-bond donors (Lipinski definition) is 2. The standard InChI is InChI=1S/C19H14ClN3O2/c20-17-6-2-1-5-16(17)19(25)22-14-9-7-13(8-10-14)18(24)23-15-4-3-11-21-12-15/h1-12H,(H,22,25)(H,23,24). The van der Waals surface area contributed by atoms with Crippen LogP contribution in [-0.4, -0.2) is 16.8 Å². The minimum atomic E-state index is -0.307. The lowest BCUT2D eigenvalue weighted by Crippen LogP contribution is -2.14. The summed E-state index contributed by atoms with van der Waals surface area (Å²) in [4.78, 5) is 28.3. The van der Waals surface area contributed by atoms with Crippen LogP contribution < -0.4 is 10.6 Å². The lowest BCUT2D eigenvalue weighted by Gasteiger charge is -2.08. The van der Waals surface area contributed by atoms with E-state index in [0.29, 0.717) is 27.5 Å². The fraction of sp³-hybridized carbons (Fsp3) is 0. The summed E-state index contributed by atoms with van der Waals surface area (Å²) in [6.07, 6.45) is 3.20. The number of aromatic nitrogens is 1. The molecule has 3 aromatic rings. The van der Waals surface area contributed by atoms with Crippen molar-refractivity contribution in [3.63, 3.8) is 0 Å². The van der Waals surface area contributed by atoms with Crippen LogP contribution >= 0.6 is 11.6 Å². The SMILES string of the molecule is O=C(Nc1cccnc1)c1ccc(NC(=O)c2ccccc2Cl)cc1. The van der Waals surface area contributed by atoms with Gasteiger partial charge in [0, 0.05) is 17.4 Å². The Labute approximate surface area is 149 Å². The molecular weight excluding hydrogens is 338 g/mol. The molecule has 0 aliphatic carbocycles. The molecule has 0 fully saturated rings. The normalized spacial score (nSPS) is 10.1. The Morgan fingerprint density at radius 1 is 0.800 bits per heavy atom. The molecule has 3 rings (SSSR count). The Kier molecular flexibility index (Phi) is 5.06. The van der Waals surface area contributed by atoms with E-state index in [2.05, 4.69) is 15.6 Å². The zero-order chi connectivity index (χ0) is 17.6. The van der Waals surface area contributed by atoms with Crippen LogP contribution in [0.25, 0.3) is 0 Å². The van der Waals surface area contributed by atoms with E-state index in [1.165, 1.54) is 0 Å². The predicted octanol–water partition coefficient (Wildman–Crippen LogP) is 4.24. The molecule has 5 nitrogen and oxygen atoms in total. The highest BCUT2D eigenvalue weighted by atomic mass is 35.5. The van der Waals surface area contributed by atoms with Gasteiger partial charge < -0.3 is 10.6 Å². The van der Waals surface area contributed by atoms with Gasteiger partial charge in [-0.2, -0.15) is 0 Å². The number of pyridine rings is 1. The minimum absolute atomic E-state index is 0.253. The summed E-state index contributed by atoms with van der Waals surface area (Å²) in [6, 6.07) is 16.9. The first-order chi connectivity index (χ1) is 12.1. The predicted molar refractivity (Wildman–Crippen MR) is 98.0 cm³/mol. The molecule has 0 unspecified atom stereocenters. The van der Waals surface area contributed by atoms with Gasteiger partial charge in [0.1, 0.15) is 0 Å². The molecule has 0 saturated heterocycles. The van der Waals surface area contributed by atoms with Gasteiger partial charge in [-0.1, -0.05) is 23.7 Å². The second-order valence-electron chi connectivity index (χ2n) is 5.21. The molecule has 0 bridgehead atoms. The Morgan fingerprint density at radius 2 is 1.52 bits per heavy atom. The maximum Gasteiger partial charge on any atom is 0.257 e. The van der Waals surface area contributed by atoms with Gasteiger partial charge >= 0.3 is 0 Å². The third-order valence-corrected chi connectivity index (χ3v) is 3.77. The van der Waals surface area contributed by atoms with Crippen LogP contribution in [0, 0.1) is 0 Å². The number of carbonyl (C=O) groups excluding carboxylic acids is 2. The highest BCUT2D eigenvalue weighted by Crippen LogP contribution is 2.18. The van der Waals surface area contributed by atoms with Gasteiger partial charge in [0.25, 0.3) is 11.8 Å². The maximum absolute atomic E-state index is 12.2. The summed E-state index contributed by atoms with van der Waals surface area (Å²) in [5, 5.41) is 5.88. The minimum Gasteiger partial charge on any atom is -0.322 e. The number of nitrogens with one attached hydrogen (secondary N) is 2. The Bertz CT molecular complexity index is 896. The molecule has 6 heteroatoms. The molecule has 2 aromatic carbocycles. The Hall–Kier alpha value is -3.18. The number of carbonyl (C=O) groups is 2. The van der Waals surface area contributed by atoms with Gasteiger partial charge in [-0.05, 0) is 48.5 Å². The van der Waals surface area contributed by atoms with Crippen molar-refractivity contribution in [2.75, 3.05) is 10.6 Å². The van der Waals surface area contributed by atoms with Crippen molar-refractivity contribution in [3.05, 3.63) is 89.2 Å². The van der Waals surface area contributed by atoms with Gasteiger partial charge in [0.15, 0.2) is 0 Å². The van der Waals surface area contributed by atoms with Crippen molar-refractivity contribution in [2.45, 2.75) is 0 Å². The zero-order valence-corrected chi connectivity index (χ0v) is 13.8. The molecule has 0 aliphatic heterocycles. The van der Waals surface area contributed by atoms with Crippen LogP contribution in [0.5, 0.6) is 0 Å². The van der Waals surface area contributed by atoms with Gasteiger partial charge in [0.05, 0.1) is 22.5 Å². The van der Waals surface area contributed by atoms with Gasteiger partial charge in [0.2, 0.25) is 0 Å². The van der Waals surface area contributed by atoms with E-state index in [1.807, 2.05) is 0 Å². The molecule has 124 valence electrons. The van der Waals surface area contributed by atoms with E-state index >= 15 is 0 Å². The van der Waals surface area contributed by atoms with Gasteiger partial charge in [-0.15, -0.1) is 0 Å². The van der Waals surface area contributed by atoms with Crippen molar-refractivity contribution in [1.29, 1.82) is 0 Å². The van der Waals surface area contributed by atoms with Crippen LogP contribution in [0.3, 0.4) is 0 Å². The molecule has 2 N–H and O–H groups in total. The fourth-order valence-electron chi connectivity index (χ4n) is 2.19. The maximum atomic E-state index is 12.2. The summed E-state index contributed by atoms with van der Waals surface area (Å²) in [5.41, 5.74) is 2.05. The van der Waals surface area contributed by atoms with Crippen LogP contribution in [0.15, 0.2) is 73.1 Å². The van der Waals surface area contributed by atoms with E-state index < -0.39 is 0 Å². The third kappa shape index (κ3) is 4.22. The highest BCUT2D eigenvalue weighted by Gasteiger charge is 2.11. The van der Waals surface area contributed by atoms with Crippen LogP contribution in [0.2, 0.25) is 5.02 Å². The second-order valence-corrected chi connectivity index (χ2v) is 5.61. The summed E-state index contributed by atoms with van der Waals surface area (Å²) in [5.74, 6) is -0.560. The quantitative estimate of drug-likeness (QED) is 0.738. The van der Waals surface area contributed by atoms with E-state index in [0.717, 1.165) is 0 Å². The summed E-state index contributed by atoms with van der Waals surface area (Å²) in [6.45, 7) is 0. The monoisotopic (exact) mass is 351 g/mol. The molecule has 2 amide bonds. The first-order valence-electron chi connectivity index (χ1n) is 7.51. The van der Waals surface area contributed by atoms with Crippen molar-refractivity contribution in [3.8, 4) is 0 Å². The molecule has 1 heterocycles. The van der Waals surface area contributed by atoms with Gasteiger partial charge in [-0.3, -0.25) is 14.6 Å². The number of anilines is 2. The topological polar surface area (TPSA) is 71.1 Å². The number of nitrogens with zero attached hydrogens (tertiary/aromatic N) is 1. The first-order valence-corrected chi connectivity index (χ1v) is 7.88. The number of hydrogen-bond acceptors (Lipinski definition) is 3. The van der Waals surface area contributed by atoms with Gasteiger partial charge in [-0.25, -0.2) is 0 Å². The first kappa shape index (κ1) is 16.7. The highest BCUT2D eigenvalue weighted by molar-refractivity contribution is 6.34. The molecule has 0 aliphatic rings. The molecule has 1 aromatic heterocycles. The fourth-order valence-corrected chi connectivity index (χ4v) is 2.41. The summed E-state index contributed by atoms with van der Waals surface area (Å²) in [7, 11) is 0. The van der Waals surface area contributed by atoms with Crippen molar-refractivity contribution in [2.24, 2.45) is 0 Å². The van der Waals surface area contributed by atoms with E-state index in [1.54, 1.807) is 73.1 Å². The van der Waals surface area contributed by atoms with Crippen LogP contribution in [0.1, 0.15) is 20.7 Å². The van der Waals surface area contributed by atoms with Crippen molar-refractivity contribution in [1.82, 2.24) is 4.98 Å². The number of halogens is 1. The van der Waals surface area contributed by atoms with Crippen molar-refractivity contribution < 1.29 is 9.59 Å². The third-order valence-electron chi connectivity index (χ3n) is 3.44. The lowest BCUT2D eigenvalue weighted by molar-refractivity contribution is 0.102. The molecule has 0 spiro atoms. The number of benzene rings is 2. The Balaban J connectivity index is 1.67. The van der Waals surface area contributed by atoms with E-state index in [4.69, 9.17) is 11.6 Å². The largest absolute Gasteiger partial charge is 0.322 e. The average molecular weight is 352 g/mol.